The molecular weight excluding hydrogens is 236 g/mol. The van der Waals surface area contributed by atoms with Crippen molar-refractivity contribution in [3.05, 3.63) is 35.4 Å². The summed E-state index contributed by atoms with van der Waals surface area (Å²) in [5, 5.41) is 0. The maximum absolute atomic E-state index is 12.6. The van der Waals surface area contributed by atoms with Crippen molar-refractivity contribution in [3.8, 4) is 0 Å². The SMILES string of the molecule is CC(C)c1cccc(C(=O)C2CC3CCC(C2)O3)c1. The fourth-order valence-corrected chi connectivity index (χ4v) is 3.36. The molecule has 1 aromatic rings. The molecule has 0 N–H and O–H groups in total. The molecule has 2 heterocycles. The highest BCUT2D eigenvalue weighted by Gasteiger charge is 2.38. The zero-order valence-corrected chi connectivity index (χ0v) is 11.8. The summed E-state index contributed by atoms with van der Waals surface area (Å²) in [6.45, 7) is 4.33. The summed E-state index contributed by atoms with van der Waals surface area (Å²) in [6, 6.07) is 8.15. The number of hydrogen-bond acceptors (Lipinski definition) is 2. The fraction of sp³-hybridized carbons (Fsp3) is 0.588. The van der Waals surface area contributed by atoms with Crippen LogP contribution in [0.1, 0.15) is 61.4 Å². The molecule has 0 saturated carbocycles. The summed E-state index contributed by atoms with van der Waals surface area (Å²) in [7, 11) is 0. The molecular formula is C17H22O2. The van der Waals surface area contributed by atoms with Gasteiger partial charge in [0, 0.05) is 11.5 Å². The Morgan fingerprint density at radius 2 is 1.89 bits per heavy atom. The van der Waals surface area contributed by atoms with Crippen LogP contribution in [0.3, 0.4) is 0 Å². The zero-order valence-electron chi connectivity index (χ0n) is 11.8. The lowest BCUT2D eigenvalue weighted by Crippen LogP contribution is -2.30. The first-order chi connectivity index (χ1) is 9.13. The molecule has 2 aliphatic rings. The van der Waals surface area contributed by atoms with Crippen molar-refractivity contribution in [3.63, 3.8) is 0 Å². The van der Waals surface area contributed by atoms with E-state index >= 15 is 0 Å². The summed E-state index contributed by atoms with van der Waals surface area (Å²) < 4.78 is 5.82. The highest BCUT2D eigenvalue weighted by atomic mass is 16.5. The van der Waals surface area contributed by atoms with Crippen molar-refractivity contribution < 1.29 is 9.53 Å². The third-order valence-corrected chi connectivity index (χ3v) is 4.50. The maximum Gasteiger partial charge on any atom is 0.166 e. The molecule has 2 fully saturated rings. The molecule has 2 atom stereocenters. The van der Waals surface area contributed by atoms with Crippen LogP contribution in [0.2, 0.25) is 0 Å². The van der Waals surface area contributed by atoms with Crippen molar-refractivity contribution in [2.24, 2.45) is 5.92 Å². The summed E-state index contributed by atoms with van der Waals surface area (Å²) in [5.74, 6) is 0.968. The lowest BCUT2D eigenvalue weighted by Gasteiger charge is -2.27. The molecule has 19 heavy (non-hydrogen) atoms. The van der Waals surface area contributed by atoms with Crippen LogP contribution in [0.5, 0.6) is 0 Å². The Labute approximate surface area is 115 Å². The Kier molecular flexibility index (Phi) is 3.44. The largest absolute Gasteiger partial charge is 0.375 e. The van der Waals surface area contributed by atoms with Crippen molar-refractivity contribution in [2.75, 3.05) is 0 Å². The molecule has 2 nitrogen and oxygen atoms in total. The van der Waals surface area contributed by atoms with Gasteiger partial charge in [-0.15, -0.1) is 0 Å². The summed E-state index contributed by atoms with van der Waals surface area (Å²) in [5.41, 5.74) is 2.14. The van der Waals surface area contributed by atoms with Gasteiger partial charge in [-0.1, -0.05) is 32.0 Å². The smallest absolute Gasteiger partial charge is 0.166 e. The van der Waals surface area contributed by atoms with Crippen LogP contribution in [0.15, 0.2) is 24.3 Å². The van der Waals surface area contributed by atoms with Crippen LogP contribution in [-0.4, -0.2) is 18.0 Å². The third kappa shape index (κ3) is 2.59. The number of benzene rings is 1. The van der Waals surface area contributed by atoms with Gasteiger partial charge in [-0.2, -0.15) is 0 Å². The Morgan fingerprint density at radius 1 is 1.21 bits per heavy atom. The van der Waals surface area contributed by atoms with Gasteiger partial charge in [0.2, 0.25) is 0 Å². The van der Waals surface area contributed by atoms with Crippen LogP contribution >= 0.6 is 0 Å². The number of carbonyl (C=O) groups excluding carboxylic acids is 1. The van der Waals surface area contributed by atoms with E-state index in [1.807, 2.05) is 12.1 Å². The van der Waals surface area contributed by atoms with E-state index in [9.17, 15) is 4.79 Å². The number of ketones is 1. The first-order valence-corrected chi connectivity index (χ1v) is 7.43. The van der Waals surface area contributed by atoms with Gasteiger partial charge in [0.05, 0.1) is 12.2 Å². The molecule has 0 aliphatic carbocycles. The minimum Gasteiger partial charge on any atom is -0.375 e. The van der Waals surface area contributed by atoms with E-state index < -0.39 is 0 Å². The lowest BCUT2D eigenvalue weighted by molar-refractivity contribution is -0.0149. The molecule has 102 valence electrons. The van der Waals surface area contributed by atoms with Gasteiger partial charge in [-0.3, -0.25) is 4.79 Å². The highest BCUT2D eigenvalue weighted by Crippen LogP contribution is 2.37. The number of rotatable bonds is 3. The Hall–Kier alpha value is -1.15. The van der Waals surface area contributed by atoms with Gasteiger partial charge in [0.25, 0.3) is 0 Å². The minimum atomic E-state index is 0.175. The van der Waals surface area contributed by atoms with E-state index in [4.69, 9.17) is 4.74 Å². The van der Waals surface area contributed by atoms with Crippen molar-refractivity contribution in [1.82, 2.24) is 0 Å². The molecule has 0 spiro atoms. The van der Waals surface area contributed by atoms with E-state index in [0.29, 0.717) is 23.9 Å². The average Bonchev–Trinajstić information content (AvgIpc) is 2.76. The molecule has 0 amide bonds. The molecule has 0 radical (unpaired) electrons. The third-order valence-electron chi connectivity index (χ3n) is 4.50. The number of ether oxygens (including phenoxy) is 1. The zero-order chi connectivity index (χ0) is 13.4. The number of Topliss-reactive ketones (excluding diaryl/α,β-unsaturated/α-hetero) is 1. The maximum atomic E-state index is 12.6. The topological polar surface area (TPSA) is 26.3 Å². The van der Waals surface area contributed by atoms with Crippen LogP contribution in [-0.2, 0) is 4.74 Å². The molecule has 2 bridgehead atoms. The molecule has 2 saturated heterocycles. The first-order valence-electron chi connectivity index (χ1n) is 7.43. The normalized spacial score (nSPS) is 29.7. The van der Waals surface area contributed by atoms with Gasteiger partial charge in [0.15, 0.2) is 5.78 Å². The van der Waals surface area contributed by atoms with Crippen LogP contribution < -0.4 is 0 Å². The standard InChI is InChI=1S/C17H22O2/c1-11(2)12-4-3-5-13(8-12)17(18)14-9-15-6-7-16(10-14)19-15/h3-5,8,11,14-16H,6-7,9-10H2,1-2H3. The van der Waals surface area contributed by atoms with Gasteiger partial charge in [-0.25, -0.2) is 0 Å². The van der Waals surface area contributed by atoms with Crippen LogP contribution in [0, 0.1) is 5.92 Å². The second-order valence-electron chi connectivity index (χ2n) is 6.27. The lowest BCUT2D eigenvalue weighted by atomic mass is 9.87. The quantitative estimate of drug-likeness (QED) is 0.767. The first kappa shape index (κ1) is 12.9. The van der Waals surface area contributed by atoms with E-state index in [1.54, 1.807) is 0 Å². The second kappa shape index (κ2) is 5.09. The summed E-state index contributed by atoms with van der Waals surface area (Å²) in [6.07, 6.45) is 4.78. The Balaban J connectivity index is 1.78. The second-order valence-corrected chi connectivity index (χ2v) is 6.27. The fourth-order valence-electron chi connectivity index (χ4n) is 3.36. The van der Waals surface area contributed by atoms with Gasteiger partial charge >= 0.3 is 0 Å². The van der Waals surface area contributed by atoms with Crippen molar-refractivity contribution in [2.45, 2.75) is 57.7 Å². The molecule has 1 aromatic carbocycles. The van der Waals surface area contributed by atoms with Crippen molar-refractivity contribution in [1.29, 1.82) is 0 Å². The van der Waals surface area contributed by atoms with E-state index in [2.05, 4.69) is 26.0 Å². The number of carbonyl (C=O) groups is 1. The molecule has 0 aromatic heterocycles. The highest BCUT2D eigenvalue weighted by molar-refractivity contribution is 5.98. The Morgan fingerprint density at radius 3 is 2.53 bits per heavy atom. The predicted molar refractivity (Wildman–Crippen MR) is 75.5 cm³/mol. The Bertz CT molecular complexity index is 466. The van der Waals surface area contributed by atoms with E-state index in [1.165, 1.54) is 5.56 Å². The summed E-state index contributed by atoms with van der Waals surface area (Å²) >= 11 is 0. The van der Waals surface area contributed by atoms with Gasteiger partial charge in [0.1, 0.15) is 0 Å². The molecule has 2 aliphatic heterocycles. The van der Waals surface area contributed by atoms with Gasteiger partial charge < -0.3 is 4.74 Å². The monoisotopic (exact) mass is 258 g/mol. The number of hydrogen-bond donors (Lipinski definition) is 0. The summed E-state index contributed by atoms with van der Waals surface area (Å²) in [4.78, 5) is 12.6. The number of fused-ring (bicyclic) bond motifs is 2. The average molecular weight is 258 g/mol. The van der Waals surface area contributed by atoms with E-state index in [0.717, 1.165) is 31.2 Å². The van der Waals surface area contributed by atoms with Gasteiger partial charge in [-0.05, 0) is 43.2 Å². The molecule has 2 heteroatoms. The van der Waals surface area contributed by atoms with E-state index in [-0.39, 0.29) is 5.92 Å². The minimum absolute atomic E-state index is 0.175. The molecule has 2 unspecified atom stereocenters. The van der Waals surface area contributed by atoms with Crippen molar-refractivity contribution >= 4 is 5.78 Å². The van der Waals surface area contributed by atoms with Crippen LogP contribution in [0.25, 0.3) is 0 Å². The molecule has 3 rings (SSSR count). The predicted octanol–water partition coefficient (Wildman–Crippen LogP) is 3.95. The van der Waals surface area contributed by atoms with Crippen LogP contribution in [0.4, 0.5) is 0 Å².